The van der Waals surface area contributed by atoms with Gasteiger partial charge in [-0.05, 0) is 12.1 Å². The smallest absolute Gasteiger partial charge is 0.236 e. The predicted molar refractivity (Wildman–Crippen MR) is 53.7 cm³/mol. The number of hydrogen-bond acceptors (Lipinski definition) is 4. The topological polar surface area (TPSA) is 79.3 Å². The molecule has 0 aliphatic rings. The fourth-order valence-corrected chi connectivity index (χ4v) is 1.80. The highest BCUT2D eigenvalue weighted by atomic mass is 35.5. The Labute approximate surface area is 86.8 Å². The maximum Gasteiger partial charge on any atom is 0.236 e. The number of aliphatic hydroxyl groups excluding tert-OH is 1. The van der Waals surface area contributed by atoms with E-state index in [2.05, 4.69) is 9.71 Å². The van der Waals surface area contributed by atoms with Gasteiger partial charge < -0.3 is 5.11 Å². The molecule has 0 radical (unpaired) electrons. The number of aliphatic hydroxyl groups is 1. The third-order valence-corrected chi connectivity index (χ3v) is 2.90. The molecule has 5 nitrogen and oxygen atoms in total. The summed E-state index contributed by atoms with van der Waals surface area (Å²) in [7, 11) is -3.55. The average molecular weight is 237 g/mol. The quantitative estimate of drug-likeness (QED) is 0.797. The molecule has 2 N–H and O–H groups in total. The molecule has 1 rings (SSSR count). The van der Waals surface area contributed by atoms with Crippen molar-refractivity contribution in [1.29, 1.82) is 0 Å². The van der Waals surface area contributed by atoms with E-state index in [1.807, 2.05) is 0 Å². The maximum absolute atomic E-state index is 11.2. The van der Waals surface area contributed by atoms with E-state index in [-0.39, 0.29) is 16.6 Å². The predicted octanol–water partition coefficient (Wildman–Crippen LogP) is 0.469. The maximum atomic E-state index is 11.2. The second kappa shape index (κ2) is 4.59. The third-order valence-electron chi connectivity index (χ3n) is 1.37. The monoisotopic (exact) mass is 236 g/mol. The van der Waals surface area contributed by atoms with Crippen LogP contribution in [0, 0.1) is 0 Å². The van der Waals surface area contributed by atoms with Crippen LogP contribution in [0.1, 0.15) is 0 Å². The summed E-state index contributed by atoms with van der Waals surface area (Å²) >= 11 is 5.68. The molecule has 14 heavy (non-hydrogen) atoms. The average Bonchev–Trinajstić information content (AvgIpc) is 2.08. The van der Waals surface area contributed by atoms with Crippen molar-refractivity contribution in [1.82, 2.24) is 4.98 Å². The van der Waals surface area contributed by atoms with Crippen molar-refractivity contribution in [3.8, 4) is 0 Å². The van der Waals surface area contributed by atoms with Gasteiger partial charge in [0.2, 0.25) is 10.0 Å². The van der Waals surface area contributed by atoms with Crippen LogP contribution >= 0.6 is 11.6 Å². The van der Waals surface area contributed by atoms with E-state index in [0.29, 0.717) is 0 Å². The number of hydrogen-bond donors (Lipinski definition) is 2. The van der Waals surface area contributed by atoms with Crippen LogP contribution in [-0.2, 0) is 10.0 Å². The fourth-order valence-electron chi connectivity index (χ4n) is 0.779. The lowest BCUT2D eigenvalue weighted by Crippen LogP contribution is -2.19. The number of rotatable bonds is 4. The Morgan fingerprint density at radius 2 is 2.29 bits per heavy atom. The minimum Gasteiger partial charge on any atom is -0.395 e. The molecule has 0 bridgehead atoms. The van der Waals surface area contributed by atoms with E-state index in [1.165, 1.54) is 12.3 Å². The van der Waals surface area contributed by atoms with Crippen LogP contribution < -0.4 is 4.72 Å². The summed E-state index contributed by atoms with van der Waals surface area (Å²) in [6, 6.07) is 3.11. The molecule has 0 fully saturated rings. The second-order valence-electron chi connectivity index (χ2n) is 2.48. The number of pyridine rings is 1. The van der Waals surface area contributed by atoms with Crippen LogP contribution in [0.3, 0.4) is 0 Å². The number of sulfonamides is 1. The molecule has 0 amide bonds. The molecule has 1 aromatic heterocycles. The van der Waals surface area contributed by atoms with E-state index < -0.39 is 16.6 Å². The van der Waals surface area contributed by atoms with Gasteiger partial charge >= 0.3 is 0 Å². The Morgan fingerprint density at radius 1 is 1.57 bits per heavy atom. The van der Waals surface area contributed by atoms with Crippen LogP contribution in [0.25, 0.3) is 0 Å². The Morgan fingerprint density at radius 3 is 2.86 bits per heavy atom. The van der Waals surface area contributed by atoms with E-state index in [4.69, 9.17) is 16.7 Å². The largest absolute Gasteiger partial charge is 0.395 e. The van der Waals surface area contributed by atoms with Gasteiger partial charge in [-0.25, -0.2) is 13.4 Å². The minimum absolute atomic E-state index is 0.0719. The van der Waals surface area contributed by atoms with Crippen molar-refractivity contribution in [2.75, 3.05) is 17.1 Å². The summed E-state index contributed by atoms with van der Waals surface area (Å²) in [4.78, 5) is 3.74. The van der Waals surface area contributed by atoms with Gasteiger partial charge in [-0.15, -0.1) is 0 Å². The zero-order valence-corrected chi connectivity index (χ0v) is 8.72. The lowest BCUT2D eigenvalue weighted by atomic mass is 10.5. The zero-order valence-electron chi connectivity index (χ0n) is 7.14. The SMILES string of the molecule is O=S(=O)(CCO)Nc1ncccc1Cl. The second-order valence-corrected chi connectivity index (χ2v) is 4.73. The van der Waals surface area contributed by atoms with E-state index in [1.54, 1.807) is 6.07 Å². The number of nitrogens with one attached hydrogen (secondary N) is 1. The van der Waals surface area contributed by atoms with Crippen molar-refractivity contribution >= 4 is 27.4 Å². The minimum atomic E-state index is -3.55. The van der Waals surface area contributed by atoms with Gasteiger partial charge in [-0.1, -0.05) is 11.6 Å². The van der Waals surface area contributed by atoms with Crippen molar-refractivity contribution in [3.63, 3.8) is 0 Å². The first kappa shape index (κ1) is 11.2. The van der Waals surface area contributed by atoms with Crippen molar-refractivity contribution < 1.29 is 13.5 Å². The highest BCUT2D eigenvalue weighted by molar-refractivity contribution is 7.92. The Balaban J connectivity index is 2.84. The Hall–Kier alpha value is -0.850. The first-order valence-electron chi connectivity index (χ1n) is 3.77. The van der Waals surface area contributed by atoms with Crippen LogP contribution in [0.2, 0.25) is 5.02 Å². The standard InChI is InChI=1S/C7H9ClN2O3S/c8-6-2-1-3-9-7(6)10-14(12,13)5-4-11/h1-3,11H,4-5H2,(H,9,10). The van der Waals surface area contributed by atoms with Crippen LogP contribution in [0.5, 0.6) is 0 Å². The van der Waals surface area contributed by atoms with Crippen molar-refractivity contribution in [3.05, 3.63) is 23.4 Å². The lowest BCUT2D eigenvalue weighted by Gasteiger charge is -2.06. The molecule has 1 aromatic rings. The van der Waals surface area contributed by atoms with E-state index >= 15 is 0 Å². The van der Waals surface area contributed by atoms with E-state index in [9.17, 15) is 8.42 Å². The van der Waals surface area contributed by atoms with Crippen LogP contribution in [0.15, 0.2) is 18.3 Å². The number of aromatic nitrogens is 1. The summed E-state index contributed by atoms with van der Waals surface area (Å²) in [6.07, 6.45) is 1.42. The van der Waals surface area contributed by atoms with Crippen LogP contribution in [0.4, 0.5) is 5.82 Å². The van der Waals surface area contributed by atoms with Gasteiger partial charge in [0.15, 0.2) is 5.82 Å². The Kier molecular flexibility index (Phi) is 3.68. The highest BCUT2D eigenvalue weighted by Crippen LogP contribution is 2.18. The van der Waals surface area contributed by atoms with Gasteiger partial charge in [0.05, 0.1) is 17.4 Å². The fraction of sp³-hybridized carbons (Fsp3) is 0.286. The summed E-state index contributed by atoms with van der Waals surface area (Å²) < 4.78 is 24.5. The van der Waals surface area contributed by atoms with Gasteiger partial charge in [0.25, 0.3) is 0 Å². The molecule has 0 saturated heterocycles. The van der Waals surface area contributed by atoms with Gasteiger partial charge in [0, 0.05) is 6.20 Å². The number of nitrogens with zero attached hydrogens (tertiary/aromatic N) is 1. The molecule has 0 saturated carbocycles. The first-order chi connectivity index (χ1) is 6.55. The summed E-state index contributed by atoms with van der Waals surface area (Å²) in [5, 5.41) is 8.69. The summed E-state index contributed by atoms with van der Waals surface area (Å²) in [5.41, 5.74) is 0. The van der Waals surface area contributed by atoms with E-state index in [0.717, 1.165) is 0 Å². The molecule has 7 heteroatoms. The molecule has 1 heterocycles. The molecule has 78 valence electrons. The van der Waals surface area contributed by atoms with Crippen molar-refractivity contribution in [2.45, 2.75) is 0 Å². The third kappa shape index (κ3) is 3.13. The molecule has 0 spiro atoms. The van der Waals surface area contributed by atoms with Crippen LogP contribution in [-0.4, -0.2) is 30.9 Å². The lowest BCUT2D eigenvalue weighted by molar-refractivity contribution is 0.320. The number of halogens is 1. The molecular formula is C7H9ClN2O3S. The zero-order chi connectivity index (χ0) is 10.6. The molecule has 0 unspecified atom stereocenters. The Bertz CT molecular complexity index is 407. The van der Waals surface area contributed by atoms with Gasteiger partial charge in [-0.3, -0.25) is 4.72 Å². The van der Waals surface area contributed by atoms with Gasteiger partial charge in [-0.2, -0.15) is 0 Å². The summed E-state index contributed by atoms with van der Waals surface area (Å²) in [6.45, 7) is -0.445. The molecular weight excluding hydrogens is 228 g/mol. The highest BCUT2D eigenvalue weighted by Gasteiger charge is 2.11. The molecule has 0 aliphatic carbocycles. The van der Waals surface area contributed by atoms with Gasteiger partial charge in [0.1, 0.15) is 0 Å². The number of anilines is 1. The molecule has 0 atom stereocenters. The normalized spacial score (nSPS) is 11.3. The first-order valence-corrected chi connectivity index (χ1v) is 5.80. The summed E-state index contributed by atoms with van der Waals surface area (Å²) in [5.74, 6) is -0.303. The van der Waals surface area contributed by atoms with Crippen molar-refractivity contribution in [2.24, 2.45) is 0 Å². The molecule has 0 aliphatic heterocycles. The molecule has 0 aromatic carbocycles.